The first-order valence-electron chi connectivity index (χ1n) is 5.77. The highest BCUT2D eigenvalue weighted by Gasteiger charge is 2.29. The number of ether oxygens (including phenoxy) is 2. The Hall–Kier alpha value is -1.75. The number of esters is 1. The maximum atomic E-state index is 11.8. The van der Waals surface area contributed by atoms with Gasteiger partial charge in [0.1, 0.15) is 11.3 Å². The molecule has 1 aliphatic rings. The van der Waals surface area contributed by atoms with Gasteiger partial charge in [-0.2, -0.15) is 0 Å². The van der Waals surface area contributed by atoms with Gasteiger partial charge in [0.2, 0.25) is 5.91 Å². The van der Waals surface area contributed by atoms with Gasteiger partial charge >= 0.3 is 5.97 Å². The monoisotopic (exact) mass is 283 g/mol. The molecule has 1 unspecified atom stereocenters. The van der Waals surface area contributed by atoms with Crippen molar-refractivity contribution < 1.29 is 19.1 Å². The topological polar surface area (TPSA) is 55.8 Å². The van der Waals surface area contributed by atoms with Gasteiger partial charge in [0.25, 0.3) is 0 Å². The summed E-state index contributed by atoms with van der Waals surface area (Å²) in [6.07, 6.45) is 0.322. The molecule has 19 heavy (non-hydrogen) atoms. The third-order valence-electron chi connectivity index (χ3n) is 2.98. The summed E-state index contributed by atoms with van der Waals surface area (Å²) in [6.45, 7) is 0.459. The second kappa shape index (κ2) is 5.48. The van der Waals surface area contributed by atoms with Crippen LogP contribution in [0.4, 0.5) is 5.69 Å². The van der Waals surface area contributed by atoms with Gasteiger partial charge in [0, 0.05) is 24.7 Å². The molecule has 0 aromatic heterocycles. The first-order valence-corrected chi connectivity index (χ1v) is 6.21. The minimum absolute atomic E-state index is 0.0344. The fourth-order valence-corrected chi connectivity index (χ4v) is 2.31. The van der Waals surface area contributed by atoms with Gasteiger partial charge in [-0.3, -0.25) is 4.79 Å². The lowest BCUT2D eigenvalue weighted by molar-refractivity contribution is -0.117. The molecule has 1 aromatic carbocycles. The largest absolute Gasteiger partial charge is 0.496 e. The molecule has 1 aliphatic heterocycles. The van der Waals surface area contributed by atoms with Gasteiger partial charge in [-0.1, -0.05) is 0 Å². The van der Waals surface area contributed by atoms with Gasteiger partial charge < -0.3 is 14.4 Å². The highest BCUT2D eigenvalue weighted by Crippen LogP contribution is 2.30. The fraction of sp³-hybridized carbons (Fsp3) is 0.385. The number of amides is 1. The van der Waals surface area contributed by atoms with Crippen LogP contribution in [0, 0.1) is 0 Å². The number of hydrogen-bond donors (Lipinski definition) is 0. The Balaban J connectivity index is 2.34. The van der Waals surface area contributed by atoms with Crippen molar-refractivity contribution in [3.8, 4) is 5.75 Å². The molecule has 1 heterocycles. The van der Waals surface area contributed by atoms with E-state index in [2.05, 4.69) is 4.74 Å². The summed E-state index contributed by atoms with van der Waals surface area (Å²) in [5.41, 5.74) is 0.987. The number of nitrogens with zero attached hydrogens (tertiary/aromatic N) is 1. The van der Waals surface area contributed by atoms with Gasteiger partial charge in [-0.25, -0.2) is 4.79 Å². The van der Waals surface area contributed by atoms with Crippen LogP contribution in [-0.2, 0) is 9.53 Å². The zero-order valence-electron chi connectivity index (χ0n) is 10.7. The van der Waals surface area contributed by atoms with Crippen molar-refractivity contribution >= 4 is 29.2 Å². The van der Waals surface area contributed by atoms with Crippen molar-refractivity contribution in [2.45, 2.75) is 11.8 Å². The fourth-order valence-electron chi connectivity index (χ4n) is 2.04. The van der Waals surface area contributed by atoms with Crippen molar-refractivity contribution in [1.29, 1.82) is 0 Å². The van der Waals surface area contributed by atoms with E-state index in [1.54, 1.807) is 23.1 Å². The molecule has 0 aliphatic carbocycles. The predicted octanol–water partition coefficient (Wildman–Crippen LogP) is 1.83. The lowest BCUT2D eigenvalue weighted by Crippen LogP contribution is -2.24. The van der Waals surface area contributed by atoms with E-state index >= 15 is 0 Å². The van der Waals surface area contributed by atoms with Crippen LogP contribution < -0.4 is 9.64 Å². The molecule has 5 nitrogen and oxygen atoms in total. The molecule has 0 radical (unpaired) electrons. The van der Waals surface area contributed by atoms with E-state index in [1.807, 2.05) is 0 Å². The number of methoxy groups -OCH3 is 2. The Kier molecular flexibility index (Phi) is 3.95. The highest BCUT2D eigenvalue weighted by molar-refractivity contribution is 6.24. The van der Waals surface area contributed by atoms with Crippen LogP contribution >= 0.6 is 11.6 Å². The van der Waals surface area contributed by atoms with Crippen molar-refractivity contribution in [2.24, 2.45) is 0 Å². The Morgan fingerprint density at radius 2 is 2.16 bits per heavy atom. The van der Waals surface area contributed by atoms with E-state index in [4.69, 9.17) is 16.3 Å². The third kappa shape index (κ3) is 2.66. The minimum atomic E-state index is -0.480. The van der Waals surface area contributed by atoms with E-state index in [1.165, 1.54) is 14.2 Å². The summed E-state index contributed by atoms with van der Waals surface area (Å²) in [5.74, 6) is -0.144. The van der Waals surface area contributed by atoms with Crippen molar-refractivity contribution in [3.05, 3.63) is 23.8 Å². The number of hydrogen-bond acceptors (Lipinski definition) is 4. The molecule has 0 saturated carbocycles. The molecule has 1 atom stereocenters. The summed E-state index contributed by atoms with van der Waals surface area (Å²) < 4.78 is 9.82. The average Bonchev–Trinajstić information content (AvgIpc) is 2.76. The Morgan fingerprint density at radius 1 is 1.42 bits per heavy atom. The maximum absolute atomic E-state index is 11.8. The number of rotatable bonds is 3. The second-order valence-corrected chi connectivity index (χ2v) is 4.80. The summed E-state index contributed by atoms with van der Waals surface area (Å²) >= 11 is 5.96. The Labute approximate surface area is 116 Å². The van der Waals surface area contributed by atoms with Crippen LogP contribution in [0.15, 0.2) is 18.2 Å². The lowest BCUT2D eigenvalue weighted by atomic mass is 10.1. The van der Waals surface area contributed by atoms with Gasteiger partial charge in [0.05, 0.1) is 19.6 Å². The van der Waals surface area contributed by atoms with Crippen LogP contribution in [0.2, 0.25) is 0 Å². The first kappa shape index (κ1) is 13.7. The summed E-state index contributed by atoms with van der Waals surface area (Å²) in [7, 11) is 2.76. The van der Waals surface area contributed by atoms with E-state index in [0.717, 1.165) is 0 Å². The van der Waals surface area contributed by atoms with Crippen molar-refractivity contribution in [3.63, 3.8) is 0 Å². The maximum Gasteiger partial charge on any atom is 0.341 e. The number of carbonyl (C=O) groups excluding carboxylic acids is 2. The highest BCUT2D eigenvalue weighted by atomic mass is 35.5. The molecule has 1 amide bonds. The normalized spacial score (nSPS) is 18.6. The summed E-state index contributed by atoms with van der Waals surface area (Å²) in [6, 6.07) is 4.90. The number of carbonyl (C=O) groups is 2. The molecule has 1 fully saturated rings. The van der Waals surface area contributed by atoms with Crippen LogP contribution in [0.1, 0.15) is 16.8 Å². The van der Waals surface area contributed by atoms with E-state index in [9.17, 15) is 9.59 Å². The Morgan fingerprint density at radius 3 is 2.68 bits per heavy atom. The smallest absolute Gasteiger partial charge is 0.341 e. The third-order valence-corrected chi connectivity index (χ3v) is 3.27. The molecule has 2 rings (SSSR count). The molecule has 6 heteroatoms. The zero-order chi connectivity index (χ0) is 14.0. The van der Waals surface area contributed by atoms with Crippen LogP contribution in [0.25, 0.3) is 0 Å². The molecule has 0 bridgehead atoms. The van der Waals surface area contributed by atoms with E-state index < -0.39 is 5.97 Å². The van der Waals surface area contributed by atoms with Crippen molar-refractivity contribution in [1.82, 2.24) is 0 Å². The number of alkyl halides is 1. The molecule has 1 saturated heterocycles. The van der Waals surface area contributed by atoms with E-state index in [-0.39, 0.29) is 11.3 Å². The summed E-state index contributed by atoms with van der Waals surface area (Å²) in [4.78, 5) is 24.9. The zero-order valence-corrected chi connectivity index (χ0v) is 11.4. The Bertz CT molecular complexity index is 517. The minimum Gasteiger partial charge on any atom is -0.496 e. The number of anilines is 1. The average molecular weight is 284 g/mol. The van der Waals surface area contributed by atoms with Crippen molar-refractivity contribution in [2.75, 3.05) is 25.7 Å². The second-order valence-electron chi connectivity index (χ2n) is 4.18. The van der Waals surface area contributed by atoms with Gasteiger partial charge in [0.15, 0.2) is 0 Å². The quantitative estimate of drug-likeness (QED) is 0.627. The lowest BCUT2D eigenvalue weighted by Gasteiger charge is -2.17. The van der Waals surface area contributed by atoms with E-state index in [0.29, 0.717) is 30.0 Å². The molecular formula is C13H14ClNO4. The molecule has 102 valence electrons. The van der Waals surface area contributed by atoms with Crippen LogP contribution in [0.5, 0.6) is 5.75 Å². The standard InChI is InChI=1S/C13H14ClNO4/c1-18-11-6-9(3-4-10(11)13(17)19-2)15-7-8(14)5-12(15)16/h3-4,6,8H,5,7H2,1-2H3. The molecule has 0 N–H and O–H groups in total. The SMILES string of the molecule is COC(=O)c1ccc(N2CC(Cl)CC2=O)cc1OC. The van der Waals surface area contributed by atoms with Crippen LogP contribution in [0.3, 0.4) is 0 Å². The first-order chi connectivity index (χ1) is 9.06. The number of halogens is 1. The number of benzene rings is 1. The molecule has 0 spiro atoms. The van der Waals surface area contributed by atoms with Crippen LogP contribution in [-0.4, -0.2) is 38.0 Å². The van der Waals surface area contributed by atoms with Gasteiger partial charge in [-0.15, -0.1) is 11.6 Å². The summed E-state index contributed by atoms with van der Waals surface area (Å²) in [5, 5.41) is -0.182. The predicted molar refractivity (Wildman–Crippen MR) is 70.9 cm³/mol. The molecular weight excluding hydrogens is 270 g/mol. The van der Waals surface area contributed by atoms with Gasteiger partial charge in [-0.05, 0) is 12.1 Å². The molecule has 1 aromatic rings.